The molecule has 0 radical (unpaired) electrons. The molecule has 74 valence electrons. The summed E-state index contributed by atoms with van der Waals surface area (Å²) in [4.78, 5) is 22.0. The third kappa shape index (κ3) is 3.92. The zero-order valence-electron chi connectivity index (χ0n) is 7.75. The number of ether oxygens (including phenoxy) is 2. The van der Waals surface area contributed by atoms with Gasteiger partial charge in [0.2, 0.25) is 0 Å². The first-order chi connectivity index (χ1) is 6.18. The van der Waals surface area contributed by atoms with Crippen molar-refractivity contribution in [3.8, 4) is 0 Å². The predicted octanol–water partition coefficient (Wildman–Crippen LogP) is 0.893. The zero-order chi connectivity index (χ0) is 9.68. The van der Waals surface area contributed by atoms with Gasteiger partial charge < -0.3 is 9.47 Å². The summed E-state index contributed by atoms with van der Waals surface area (Å²) in [6.07, 6.45) is 1.13. The van der Waals surface area contributed by atoms with E-state index in [0.717, 1.165) is 0 Å². The fourth-order valence-electron chi connectivity index (χ4n) is 1.04. The third-order valence-corrected chi connectivity index (χ3v) is 1.82. The molecule has 0 saturated carbocycles. The normalized spacial score (nSPS) is 21.9. The lowest BCUT2D eigenvalue weighted by Crippen LogP contribution is -2.20. The summed E-state index contributed by atoms with van der Waals surface area (Å²) in [6, 6.07) is 0. The number of hydrogen-bond acceptors (Lipinski definition) is 4. The molecule has 4 nitrogen and oxygen atoms in total. The molecule has 0 amide bonds. The molecule has 0 aromatic carbocycles. The number of carbonyl (C=O) groups excluding carboxylic acids is 2. The molecule has 1 fully saturated rings. The predicted molar refractivity (Wildman–Crippen MR) is 44.9 cm³/mol. The molecule has 0 aromatic rings. The van der Waals surface area contributed by atoms with Crippen molar-refractivity contribution < 1.29 is 19.1 Å². The van der Waals surface area contributed by atoms with E-state index in [-0.39, 0.29) is 17.9 Å². The van der Waals surface area contributed by atoms with E-state index < -0.39 is 0 Å². The van der Waals surface area contributed by atoms with Gasteiger partial charge in [-0.3, -0.25) is 9.59 Å². The van der Waals surface area contributed by atoms with Gasteiger partial charge in [-0.15, -0.1) is 0 Å². The van der Waals surface area contributed by atoms with Gasteiger partial charge in [-0.05, 0) is 6.42 Å². The van der Waals surface area contributed by atoms with E-state index >= 15 is 0 Å². The second-order valence-corrected chi connectivity index (χ2v) is 3.32. The number of rotatable bonds is 0. The van der Waals surface area contributed by atoms with Crippen molar-refractivity contribution in [2.75, 3.05) is 13.2 Å². The van der Waals surface area contributed by atoms with E-state index in [1.807, 2.05) is 6.92 Å². The van der Waals surface area contributed by atoms with Crippen molar-refractivity contribution in [3.63, 3.8) is 0 Å². The Kier molecular flexibility index (Phi) is 3.73. The molecule has 1 saturated heterocycles. The Hall–Kier alpha value is -1.06. The molecule has 1 aliphatic rings. The first-order valence-corrected chi connectivity index (χ1v) is 4.49. The molecule has 0 N–H and O–H groups in total. The number of carbonyl (C=O) groups is 2. The van der Waals surface area contributed by atoms with Gasteiger partial charge in [0.25, 0.3) is 0 Å². The minimum Gasteiger partial charge on any atom is -0.465 e. The smallest absolute Gasteiger partial charge is 0.305 e. The molecule has 0 unspecified atom stereocenters. The van der Waals surface area contributed by atoms with Gasteiger partial charge in [-0.25, -0.2) is 0 Å². The fourth-order valence-corrected chi connectivity index (χ4v) is 1.04. The Morgan fingerprint density at radius 1 is 1.08 bits per heavy atom. The maximum absolute atomic E-state index is 11.0. The van der Waals surface area contributed by atoms with Gasteiger partial charge in [0.05, 0.1) is 13.2 Å². The van der Waals surface area contributed by atoms with E-state index in [0.29, 0.717) is 32.5 Å². The highest BCUT2D eigenvalue weighted by Crippen LogP contribution is 2.06. The van der Waals surface area contributed by atoms with E-state index in [9.17, 15) is 9.59 Å². The summed E-state index contributed by atoms with van der Waals surface area (Å²) < 4.78 is 9.87. The van der Waals surface area contributed by atoms with Crippen molar-refractivity contribution in [1.29, 1.82) is 0 Å². The molecule has 1 aliphatic heterocycles. The quantitative estimate of drug-likeness (QED) is 0.527. The summed E-state index contributed by atoms with van der Waals surface area (Å²) in [5.41, 5.74) is 0. The van der Waals surface area contributed by atoms with Gasteiger partial charge in [0, 0.05) is 18.8 Å². The summed E-state index contributed by atoms with van der Waals surface area (Å²) in [5.74, 6) is -0.353. The molecular formula is C9H14O4. The van der Waals surface area contributed by atoms with Crippen LogP contribution in [0.2, 0.25) is 0 Å². The van der Waals surface area contributed by atoms with Crippen molar-refractivity contribution in [3.05, 3.63) is 0 Å². The second kappa shape index (κ2) is 4.84. The molecule has 0 atom stereocenters. The Bertz CT molecular complexity index is 180. The molecule has 1 heterocycles. The Balaban J connectivity index is 2.41. The summed E-state index contributed by atoms with van der Waals surface area (Å²) in [6.45, 7) is 2.56. The van der Waals surface area contributed by atoms with E-state index in [4.69, 9.17) is 9.47 Å². The topological polar surface area (TPSA) is 52.6 Å². The zero-order valence-corrected chi connectivity index (χ0v) is 7.75. The molecule has 1 rings (SSSR count). The van der Waals surface area contributed by atoms with Crippen LogP contribution in [0.25, 0.3) is 0 Å². The lowest BCUT2D eigenvalue weighted by atomic mass is 10.2. The van der Waals surface area contributed by atoms with E-state index in [2.05, 4.69) is 0 Å². The molecule has 0 aliphatic carbocycles. The molecular weight excluding hydrogens is 172 g/mol. The number of cyclic esters (lactones) is 2. The fraction of sp³-hybridized carbons (Fsp3) is 0.778. The van der Waals surface area contributed by atoms with Crippen LogP contribution < -0.4 is 0 Å². The van der Waals surface area contributed by atoms with Crippen LogP contribution in [0, 0.1) is 5.92 Å². The highest BCUT2D eigenvalue weighted by Gasteiger charge is 2.13. The van der Waals surface area contributed by atoms with Gasteiger partial charge in [0.1, 0.15) is 0 Å². The highest BCUT2D eigenvalue weighted by molar-refractivity contribution is 5.72. The Morgan fingerprint density at radius 3 is 2.00 bits per heavy atom. The van der Waals surface area contributed by atoms with Crippen molar-refractivity contribution in [1.82, 2.24) is 0 Å². The van der Waals surface area contributed by atoms with E-state index in [1.54, 1.807) is 0 Å². The summed E-state index contributed by atoms with van der Waals surface area (Å²) in [7, 11) is 0. The largest absolute Gasteiger partial charge is 0.465 e. The number of esters is 2. The van der Waals surface area contributed by atoms with Gasteiger partial charge >= 0.3 is 11.9 Å². The van der Waals surface area contributed by atoms with Gasteiger partial charge in [-0.2, -0.15) is 0 Å². The van der Waals surface area contributed by atoms with Gasteiger partial charge in [-0.1, -0.05) is 6.92 Å². The van der Waals surface area contributed by atoms with Crippen LogP contribution in [0.3, 0.4) is 0 Å². The highest BCUT2D eigenvalue weighted by atomic mass is 16.5. The monoisotopic (exact) mass is 186 g/mol. The second-order valence-electron chi connectivity index (χ2n) is 3.32. The standard InChI is InChI=1S/C9H14O4/c1-7-5-12-8(10)3-2-4-9(11)13-6-7/h7H,2-6H2,1H3. The van der Waals surface area contributed by atoms with Crippen molar-refractivity contribution >= 4 is 11.9 Å². The molecule has 0 bridgehead atoms. The van der Waals surface area contributed by atoms with Crippen molar-refractivity contribution in [2.45, 2.75) is 26.2 Å². The van der Waals surface area contributed by atoms with Crippen LogP contribution in [0.4, 0.5) is 0 Å². The summed E-state index contributed by atoms with van der Waals surface area (Å²) in [5, 5.41) is 0. The minimum absolute atomic E-state index is 0.0889. The number of hydrogen-bond donors (Lipinski definition) is 0. The SMILES string of the molecule is CC1COC(=O)CCCC(=O)OC1. The maximum Gasteiger partial charge on any atom is 0.305 e. The third-order valence-electron chi connectivity index (χ3n) is 1.82. The van der Waals surface area contributed by atoms with Crippen LogP contribution >= 0.6 is 0 Å². The Labute approximate surface area is 77.2 Å². The average molecular weight is 186 g/mol. The van der Waals surface area contributed by atoms with Crippen molar-refractivity contribution in [2.24, 2.45) is 5.92 Å². The minimum atomic E-state index is -0.221. The Morgan fingerprint density at radius 2 is 1.54 bits per heavy atom. The first kappa shape index (κ1) is 10.0. The van der Waals surface area contributed by atoms with Crippen LogP contribution in [-0.4, -0.2) is 25.2 Å². The molecule has 4 heteroatoms. The first-order valence-electron chi connectivity index (χ1n) is 4.49. The molecule has 13 heavy (non-hydrogen) atoms. The maximum atomic E-state index is 11.0. The lowest BCUT2D eigenvalue weighted by molar-refractivity contribution is -0.151. The molecule has 0 aromatic heterocycles. The molecule has 0 spiro atoms. The van der Waals surface area contributed by atoms with Crippen LogP contribution in [0.1, 0.15) is 26.2 Å². The van der Waals surface area contributed by atoms with Crippen LogP contribution in [0.15, 0.2) is 0 Å². The lowest BCUT2D eigenvalue weighted by Gasteiger charge is -2.14. The van der Waals surface area contributed by atoms with E-state index in [1.165, 1.54) is 0 Å². The van der Waals surface area contributed by atoms with Crippen LogP contribution in [0.5, 0.6) is 0 Å². The van der Waals surface area contributed by atoms with Crippen LogP contribution in [-0.2, 0) is 19.1 Å². The summed E-state index contributed by atoms with van der Waals surface area (Å²) >= 11 is 0. The van der Waals surface area contributed by atoms with Gasteiger partial charge in [0.15, 0.2) is 0 Å². The average Bonchev–Trinajstić information content (AvgIpc) is 2.10.